The van der Waals surface area contributed by atoms with Gasteiger partial charge < -0.3 is 0 Å². The second kappa shape index (κ2) is 2.98. The molecule has 0 aliphatic carbocycles. The Hall–Kier alpha value is -0.352. The Morgan fingerprint density at radius 1 is 1.33 bits per heavy atom. The first-order valence-corrected chi connectivity index (χ1v) is 3.82. The van der Waals surface area contributed by atoms with E-state index in [0.717, 1.165) is 0 Å². The van der Waals surface area contributed by atoms with Crippen LogP contribution < -0.4 is 3.95 Å². The molecule has 0 saturated heterocycles. The standard InChI is InChI=1S/C8H7.Pt/c1-2-8-6-4-3-5-7-8;/h2-6H,1H2;. The molecule has 0 amide bonds. The number of rotatable bonds is 1. The van der Waals surface area contributed by atoms with Crippen LogP contribution in [0.5, 0.6) is 0 Å². The molecule has 0 bridgehead atoms. The monoisotopic (exact) mass is 298 g/mol. The van der Waals surface area contributed by atoms with Crippen molar-refractivity contribution >= 4 is 10.0 Å². The van der Waals surface area contributed by atoms with E-state index < -0.39 is 0 Å². The van der Waals surface area contributed by atoms with E-state index >= 15 is 0 Å². The summed E-state index contributed by atoms with van der Waals surface area (Å²) in [6, 6.07) is 8.16. The van der Waals surface area contributed by atoms with Crippen LogP contribution in [0.1, 0.15) is 5.56 Å². The van der Waals surface area contributed by atoms with Crippen LogP contribution in [0.2, 0.25) is 0 Å². The van der Waals surface area contributed by atoms with Crippen LogP contribution in [0.15, 0.2) is 30.8 Å². The van der Waals surface area contributed by atoms with E-state index in [4.69, 9.17) is 0 Å². The van der Waals surface area contributed by atoms with Crippen LogP contribution in [0.4, 0.5) is 0 Å². The van der Waals surface area contributed by atoms with Gasteiger partial charge in [-0.15, -0.1) is 0 Å². The Kier molecular flexibility index (Phi) is 2.24. The van der Waals surface area contributed by atoms with Crippen molar-refractivity contribution in [2.24, 2.45) is 0 Å². The van der Waals surface area contributed by atoms with Crippen LogP contribution in [-0.2, 0) is 19.8 Å². The van der Waals surface area contributed by atoms with Gasteiger partial charge in [0, 0.05) is 0 Å². The van der Waals surface area contributed by atoms with Gasteiger partial charge >= 0.3 is 66.3 Å². The molecule has 0 atom stereocenters. The minimum atomic E-state index is 1.21. The van der Waals surface area contributed by atoms with E-state index in [1.165, 1.54) is 9.52 Å². The van der Waals surface area contributed by atoms with Gasteiger partial charge in [-0.25, -0.2) is 0 Å². The number of benzene rings is 1. The van der Waals surface area contributed by atoms with Crippen molar-refractivity contribution in [1.82, 2.24) is 0 Å². The molecule has 1 heteroatoms. The van der Waals surface area contributed by atoms with Gasteiger partial charge in [0.05, 0.1) is 0 Å². The van der Waals surface area contributed by atoms with Crippen molar-refractivity contribution in [2.75, 3.05) is 0 Å². The Labute approximate surface area is 66.5 Å². The van der Waals surface area contributed by atoms with Gasteiger partial charge in [0.15, 0.2) is 0 Å². The normalized spacial score (nSPS) is 9.11. The fourth-order valence-electron chi connectivity index (χ4n) is 0.623. The molecule has 0 heterocycles. The summed E-state index contributed by atoms with van der Waals surface area (Å²) in [7, 11) is 0. The third-order valence-electron chi connectivity index (χ3n) is 1.10. The van der Waals surface area contributed by atoms with E-state index in [0.29, 0.717) is 0 Å². The maximum atomic E-state index is 3.69. The summed E-state index contributed by atoms with van der Waals surface area (Å²) in [5, 5.41) is 0. The van der Waals surface area contributed by atoms with Gasteiger partial charge in [-0.3, -0.25) is 0 Å². The van der Waals surface area contributed by atoms with E-state index in [-0.39, 0.29) is 0 Å². The topological polar surface area (TPSA) is 0 Å². The first-order chi connectivity index (χ1) is 4.34. The van der Waals surface area contributed by atoms with Crippen molar-refractivity contribution in [1.29, 1.82) is 0 Å². The first-order valence-electron chi connectivity index (χ1n) is 2.68. The maximum absolute atomic E-state index is 3.69. The third-order valence-corrected chi connectivity index (χ3v) is 2.13. The molecule has 9 heavy (non-hydrogen) atoms. The zero-order chi connectivity index (χ0) is 6.69. The molecule has 49 valence electrons. The second-order valence-electron chi connectivity index (χ2n) is 1.69. The summed E-state index contributed by atoms with van der Waals surface area (Å²) in [5.41, 5.74) is 1.21. The molecule has 0 aliphatic heterocycles. The van der Waals surface area contributed by atoms with E-state index in [1.807, 2.05) is 18.2 Å². The molecule has 0 aliphatic rings. The van der Waals surface area contributed by atoms with Gasteiger partial charge in [0.2, 0.25) is 0 Å². The SMILES string of the molecule is C=Cc1cccc[c]1[Pt]. The Morgan fingerprint density at radius 3 is 2.44 bits per heavy atom. The molecular weight excluding hydrogens is 291 g/mol. The molecule has 0 N–H and O–H groups in total. The Balaban J connectivity index is 3.15. The summed E-state index contributed by atoms with van der Waals surface area (Å²) in [6.45, 7) is 3.69. The summed E-state index contributed by atoms with van der Waals surface area (Å²) < 4.78 is 1.26. The van der Waals surface area contributed by atoms with Crippen LogP contribution >= 0.6 is 0 Å². The summed E-state index contributed by atoms with van der Waals surface area (Å²) in [5.74, 6) is 0. The van der Waals surface area contributed by atoms with Gasteiger partial charge in [0.25, 0.3) is 0 Å². The average molecular weight is 298 g/mol. The van der Waals surface area contributed by atoms with Crippen molar-refractivity contribution < 1.29 is 19.8 Å². The Bertz CT molecular complexity index is 216. The van der Waals surface area contributed by atoms with Crippen molar-refractivity contribution in [3.8, 4) is 0 Å². The molecule has 0 unspecified atom stereocenters. The van der Waals surface area contributed by atoms with Gasteiger partial charge in [-0.1, -0.05) is 0 Å². The zero-order valence-electron chi connectivity index (χ0n) is 4.91. The van der Waals surface area contributed by atoms with Crippen LogP contribution in [0.25, 0.3) is 6.08 Å². The third kappa shape index (κ3) is 1.53. The Morgan fingerprint density at radius 2 is 2.00 bits per heavy atom. The molecule has 0 fully saturated rings. The zero-order valence-corrected chi connectivity index (χ0v) is 7.18. The van der Waals surface area contributed by atoms with E-state index in [9.17, 15) is 0 Å². The number of hydrogen-bond acceptors (Lipinski definition) is 0. The van der Waals surface area contributed by atoms with E-state index in [2.05, 4.69) is 38.5 Å². The predicted molar refractivity (Wildman–Crippen MR) is 36.2 cm³/mol. The van der Waals surface area contributed by atoms with Gasteiger partial charge in [0.1, 0.15) is 0 Å². The fourth-order valence-corrected chi connectivity index (χ4v) is 1.26. The minimum absolute atomic E-state index is 1.21. The second-order valence-corrected chi connectivity index (χ2v) is 2.92. The summed E-state index contributed by atoms with van der Waals surface area (Å²) >= 11 is 2.27. The van der Waals surface area contributed by atoms with Crippen molar-refractivity contribution in [2.45, 2.75) is 0 Å². The van der Waals surface area contributed by atoms with Crippen LogP contribution in [-0.4, -0.2) is 0 Å². The fraction of sp³-hybridized carbons (Fsp3) is 0. The van der Waals surface area contributed by atoms with Crippen molar-refractivity contribution in [3.05, 3.63) is 36.4 Å². The predicted octanol–water partition coefficient (Wildman–Crippen LogP) is 1.50. The molecular formula is C8H7Pt. The van der Waals surface area contributed by atoms with Crippen LogP contribution in [0.3, 0.4) is 0 Å². The van der Waals surface area contributed by atoms with Gasteiger partial charge in [-0.05, 0) is 0 Å². The molecule has 1 aromatic carbocycles. The molecule has 0 spiro atoms. The summed E-state index contributed by atoms with van der Waals surface area (Å²) in [6.07, 6.45) is 1.86. The molecule has 0 radical (unpaired) electrons. The van der Waals surface area contributed by atoms with Gasteiger partial charge in [-0.2, -0.15) is 0 Å². The quantitative estimate of drug-likeness (QED) is 0.737. The number of hydrogen-bond donors (Lipinski definition) is 0. The van der Waals surface area contributed by atoms with E-state index in [1.54, 1.807) is 0 Å². The first kappa shape index (κ1) is 6.76. The molecule has 0 saturated carbocycles. The summed E-state index contributed by atoms with van der Waals surface area (Å²) in [4.78, 5) is 0. The van der Waals surface area contributed by atoms with Crippen molar-refractivity contribution in [3.63, 3.8) is 0 Å². The molecule has 1 rings (SSSR count). The van der Waals surface area contributed by atoms with Crippen LogP contribution in [0, 0.1) is 0 Å². The molecule has 1 aromatic rings. The average Bonchev–Trinajstić information content (AvgIpc) is 1.89. The molecule has 0 aromatic heterocycles. The molecule has 0 nitrogen and oxygen atoms in total.